The lowest BCUT2D eigenvalue weighted by Crippen LogP contribution is -2.57. The Hall–Kier alpha value is -2.62. The van der Waals surface area contributed by atoms with Crippen molar-refractivity contribution < 1.29 is 9.59 Å². The van der Waals surface area contributed by atoms with Crippen LogP contribution in [0.3, 0.4) is 0 Å². The molecule has 2 N–H and O–H groups in total. The van der Waals surface area contributed by atoms with Gasteiger partial charge in [0, 0.05) is 12.1 Å². The van der Waals surface area contributed by atoms with Gasteiger partial charge in [-0.15, -0.1) is 0 Å². The molecule has 0 bridgehead atoms. The summed E-state index contributed by atoms with van der Waals surface area (Å²) in [5.41, 5.74) is 7.78. The summed E-state index contributed by atoms with van der Waals surface area (Å²) in [6.45, 7) is 0.579. The van der Waals surface area contributed by atoms with Crippen LogP contribution in [0, 0.1) is 0 Å². The smallest absolute Gasteiger partial charge is 0.255 e. The zero-order valence-corrected chi connectivity index (χ0v) is 11.5. The highest BCUT2D eigenvalue weighted by Gasteiger charge is 2.37. The average molecular weight is 280 g/mol. The van der Waals surface area contributed by atoms with Crippen LogP contribution in [0.15, 0.2) is 54.6 Å². The highest BCUT2D eigenvalue weighted by molar-refractivity contribution is 6.03. The molecule has 0 aromatic heterocycles. The van der Waals surface area contributed by atoms with Gasteiger partial charge < -0.3 is 10.6 Å². The number of benzene rings is 2. The van der Waals surface area contributed by atoms with Crippen molar-refractivity contribution in [3.8, 4) is 11.1 Å². The highest BCUT2D eigenvalue weighted by Crippen LogP contribution is 2.27. The molecule has 1 heterocycles. The van der Waals surface area contributed by atoms with E-state index in [9.17, 15) is 9.59 Å². The molecule has 106 valence electrons. The predicted molar refractivity (Wildman–Crippen MR) is 80.5 cm³/mol. The Morgan fingerprint density at radius 1 is 1.00 bits per heavy atom. The van der Waals surface area contributed by atoms with Crippen LogP contribution in [0.2, 0.25) is 0 Å². The molecule has 0 radical (unpaired) electrons. The van der Waals surface area contributed by atoms with Gasteiger partial charge in [-0.25, -0.2) is 0 Å². The van der Waals surface area contributed by atoms with Crippen LogP contribution in [0.1, 0.15) is 16.8 Å². The second kappa shape index (κ2) is 5.40. The van der Waals surface area contributed by atoms with Crippen LogP contribution in [0.4, 0.5) is 0 Å². The van der Waals surface area contributed by atoms with Gasteiger partial charge in [0.2, 0.25) is 5.91 Å². The summed E-state index contributed by atoms with van der Waals surface area (Å²) in [6, 6.07) is 16.7. The summed E-state index contributed by atoms with van der Waals surface area (Å²) in [5.74, 6) is -0.573. The number of hydrogen-bond acceptors (Lipinski definition) is 2. The number of carbonyl (C=O) groups is 2. The molecule has 1 aliphatic rings. The summed E-state index contributed by atoms with van der Waals surface area (Å²) < 4.78 is 0. The molecule has 2 aromatic carbocycles. The van der Waals surface area contributed by atoms with Gasteiger partial charge in [0.1, 0.15) is 6.04 Å². The number of primary amides is 1. The third-order valence-corrected chi connectivity index (χ3v) is 3.85. The van der Waals surface area contributed by atoms with Gasteiger partial charge in [-0.05, 0) is 23.6 Å². The van der Waals surface area contributed by atoms with E-state index in [1.54, 1.807) is 11.0 Å². The molecule has 1 fully saturated rings. The van der Waals surface area contributed by atoms with Crippen molar-refractivity contribution in [3.63, 3.8) is 0 Å². The second-order valence-corrected chi connectivity index (χ2v) is 5.12. The van der Waals surface area contributed by atoms with Crippen LogP contribution in [-0.2, 0) is 4.79 Å². The Morgan fingerprint density at radius 2 is 1.67 bits per heavy atom. The van der Waals surface area contributed by atoms with Crippen molar-refractivity contribution in [1.29, 1.82) is 0 Å². The van der Waals surface area contributed by atoms with E-state index < -0.39 is 11.9 Å². The largest absolute Gasteiger partial charge is 0.368 e. The molecule has 4 nitrogen and oxygen atoms in total. The van der Waals surface area contributed by atoms with Crippen LogP contribution in [0.25, 0.3) is 11.1 Å². The first kappa shape index (κ1) is 13.4. The summed E-state index contributed by atoms with van der Waals surface area (Å²) in [4.78, 5) is 25.5. The summed E-state index contributed by atoms with van der Waals surface area (Å²) >= 11 is 0. The number of nitrogens with two attached hydrogens (primary N) is 1. The number of hydrogen-bond donors (Lipinski definition) is 1. The number of rotatable bonds is 3. The van der Waals surface area contributed by atoms with Crippen molar-refractivity contribution in [2.24, 2.45) is 5.73 Å². The lowest BCUT2D eigenvalue weighted by atomic mass is 9.95. The summed E-state index contributed by atoms with van der Waals surface area (Å²) in [6.07, 6.45) is 0.647. The van der Waals surface area contributed by atoms with E-state index >= 15 is 0 Å². The zero-order chi connectivity index (χ0) is 14.8. The zero-order valence-electron chi connectivity index (χ0n) is 11.5. The van der Waals surface area contributed by atoms with E-state index in [0.717, 1.165) is 11.1 Å². The van der Waals surface area contributed by atoms with E-state index in [-0.39, 0.29) is 5.91 Å². The third-order valence-electron chi connectivity index (χ3n) is 3.85. The quantitative estimate of drug-likeness (QED) is 0.935. The summed E-state index contributed by atoms with van der Waals surface area (Å²) in [5, 5.41) is 0. The van der Waals surface area contributed by atoms with Crippen LogP contribution >= 0.6 is 0 Å². The number of likely N-dealkylation sites (tertiary alicyclic amines) is 1. The Morgan fingerprint density at radius 3 is 2.29 bits per heavy atom. The van der Waals surface area contributed by atoms with Gasteiger partial charge in [-0.1, -0.05) is 48.5 Å². The fourth-order valence-corrected chi connectivity index (χ4v) is 2.62. The maximum absolute atomic E-state index is 12.7. The fourth-order valence-electron chi connectivity index (χ4n) is 2.62. The average Bonchev–Trinajstić information content (AvgIpc) is 2.46. The molecular weight excluding hydrogens is 264 g/mol. The minimum absolute atomic E-state index is 0.135. The highest BCUT2D eigenvalue weighted by atomic mass is 16.2. The molecular formula is C17H16N2O2. The van der Waals surface area contributed by atoms with E-state index in [4.69, 9.17) is 5.73 Å². The van der Waals surface area contributed by atoms with Gasteiger partial charge in [0.05, 0.1) is 0 Å². The summed E-state index contributed by atoms with van der Waals surface area (Å²) in [7, 11) is 0. The maximum Gasteiger partial charge on any atom is 0.255 e. The molecule has 1 atom stereocenters. The Kier molecular flexibility index (Phi) is 3.44. The normalized spacial score (nSPS) is 17.1. The van der Waals surface area contributed by atoms with Gasteiger partial charge in [0.15, 0.2) is 0 Å². The molecule has 0 aliphatic carbocycles. The van der Waals surface area contributed by atoms with E-state index in [1.807, 2.05) is 48.5 Å². The molecule has 0 saturated carbocycles. The Bertz CT molecular complexity index is 682. The van der Waals surface area contributed by atoms with Gasteiger partial charge >= 0.3 is 0 Å². The Balaban J connectivity index is 1.96. The number of carbonyl (C=O) groups excluding carboxylic acids is 2. The molecule has 3 rings (SSSR count). The molecule has 0 spiro atoms. The first-order valence-corrected chi connectivity index (χ1v) is 6.93. The lowest BCUT2D eigenvalue weighted by molar-refractivity contribution is -0.125. The van der Waals surface area contributed by atoms with Crippen LogP contribution < -0.4 is 5.73 Å². The third kappa shape index (κ3) is 2.40. The Labute approximate surface area is 123 Å². The first-order chi connectivity index (χ1) is 10.2. The topological polar surface area (TPSA) is 63.4 Å². The maximum atomic E-state index is 12.7. The van der Waals surface area contributed by atoms with Crippen molar-refractivity contribution in [1.82, 2.24) is 4.90 Å². The molecule has 4 heteroatoms. The molecule has 1 aliphatic heterocycles. The SMILES string of the molecule is NC(=O)C1CCN1C(=O)c1ccccc1-c1ccccc1. The van der Waals surface area contributed by atoms with Crippen LogP contribution in [0.5, 0.6) is 0 Å². The van der Waals surface area contributed by atoms with E-state index in [1.165, 1.54) is 0 Å². The predicted octanol–water partition coefficient (Wildman–Crippen LogP) is 2.05. The van der Waals surface area contributed by atoms with Crippen LogP contribution in [-0.4, -0.2) is 29.3 Å². The first-order valence-electron chi connectivity index (χ1n) is 6.93. The lowest BCUT2D eigenvalue weighted by Gasteiger charge is -2.39. The van der Waals surface area contributed by atoms with Crippen molar-refractivity contribution >= 4 is 11.8 Å². The van der Waals surface area contributed by atoms with Gasteiger partial charge in [-0.3, -0.25) is 9.59 Å². The van der Waals surface area contributed by atoms with Crippen molar-refractivity contribution in [2.45, 2.75) is 12.5 Å². The standard InChI is InChI=1S/C17H16N2O2/c18-16(20)15-10-11-19(15)17(21)14-9-5-4-8-13(14)12-6-2-1-3-7-12/h1-9,15H,10-11H2,(H2,18,20). The minimum atomic E-state index is -0.471. The molecule has 2 amide bonds. The number of nitrogens with zero attached hydrogens (tertiary/aromatic N) is 1. The van der Waals surface area contributed by atoms with Gasteiger partial charge in [0.25, 0.3) is 5.91 Å². The van der Waals surface area contributed by atoms with Crippen molar-refractivity contribution in [3.05, 3.63) is 60.2 Å². The molecule has 1 unspecified atom stereocenters. The van der Waals surface area contributed by atoms with E-state index in [2.05, 4.69) is 0 Å². The number of amides is 2. The van der Waals surface area contributed by atoms with E-state index in [0.29, 0.717) is 18.5 Å². The minimum Gasteiger partial charge on any atom is -0.368 e. The van der Waals surface area contributed by atoms with Gasteiger partial charge in [-0.2, -0.15) is 0 Å². The second-order valence-electron chi connectivity index (χ2n) is 5.12. The fraction of sp³-hybridized carbons (Fsp3) is 0.176. The molecule has 21 heavy (non-hydrogen) atoms. The monoisotopic (exact) mass is 280 g/mol. The molecule has 2 aromatic rings. The molecule has 1 saturated heterocycles. The van der Waals surface area contributed by atoms with Crippen molar-refractivity contribution in [2.75, 3.05) is 6.54 Å².